The van der Waals surface area contributed by atoms with Crippen LogP contribution in [0.5, 0.6) is 0 Å². The molecule has 4 aromatic carbocycles. The number of nitrogens with zero attached hydrogens (tertiary/aromatic N) is 2. The van der Waals surface area contributed by atoms with Gasteiger partial charge in [-0.25, -0.2) is 0 Å². The lowest BCUT2D eigenvalue weighted by molar-refractivity contribution is -0.138. The lowest BCUT2D eigenvalue weighted by atomic mass is 9.78. The molecule has 0 spiro atoms. The lowest BCUT2D eigenvalue weighted by Crippen LogP contribution is -2.47. The van der Waals surface area contributed by atoms with Crippen molar-refractivity contribution >= 4 is 45.9 Å². The molecule has 2 heterocycles. The molecule has 3 fully saturated rings. The molecular formula is C45H50F6N4OS. The van der Waals surface area contributed by atoms with Crippen LogP contribution in [-0.4, -0.2) is 36.6 Å². The predicted molar refractivity (Wildman–Crippen MR) is 221 cm³/mol. The zero-order valence-corrected chi connectivity index (χ0v) is 32.8. The minimum atomic E-state index is -4.46. The Bertz CT molecular complexity index is 1930. The second-order valence-corrected chi connectivity index (χ2v) is 15.6. The number of piperidine rings is 1. The van der Waals surface area contributed by atoms with E-state index in [4.69, 9.17) is 12.2 Å². The predicted octanol–water partition coefficient (Wildman–Crippen LogP) is 12.8. The van der Waals surface area contributed by atoms with Crippen molar-refractivity contribution in [2.45, 2.75) is 95.4 Å². The molecule has 5 nitrogen and oxygen atoms in total. The number of amides is 1. The normalized spacial score (nSPS) is 19.1. The van der Waals surface area contributed by atoms with Gasteiger partial charge >= 0.3 is 12.4 Å². The molecule has 12 heteroatoms. The number of carbonyl (C=O) groups is 1. The summed E-state index contributed by atoms with van der Waals surface area (Å²) >= 11 is 5.50. The SMILES string of the molecule is FC(F)(F)c1ccc(N2CCC[C@H]3CCCC[C@@H]32)c(NC(=S)c2ccccc2)c1.O=C(Nc1cc(C(F)(F)F)ccc1N1CCCCCCCC1)c1ccccc1. The largest absolute Gasteiger partial charge is 0.416 e. The molecule has 2 saturated heterocycles. The Morgan fingerprint density at radius 1 is 0.561 bits per heavy atom. The number of hydrogen-bond acceptors (Lipinski definition) is 4. The molecule has 7 rings (SSSR count). The monoisotopic (exact) mass is 808 g/mol. The Balaban J connectivity index is 0.000000193. The van der Waals surface area contributed by atoms with Gasteiger partial charge in [0.2, 0.25) is 0 Å². The van der Waals surface area contributed by atoms with Gasteiger partial charge in [0.05, 0.1) is 33.9 Å². The third kappa shape index (κ3) is 11.3. The zero-order chi connectivity index (χ0) is 40.4. The fourth-order valence-corrected chi connectivity index (χ4v) is 8.55. The number of carbonyl (C=O) groups excluding carboxylic acids is 1. The van der Waals surface area contributed by atoms with Crippen molar-refractivity contribution in [1.29, 1.82) is 0 Å². The van der Waals surface area contributed by atoms with Crippen LogP contribution in [0, 0.1) is 5.92 Å². The van der Waals surface area contributed by atoms with E-state index in [2.05, 4.69) is 20.4 Å². The Morgan fingerprint density at radius 2 is 1.07 bits per heavy atom. The van der Waals surface area contributed by atoms with Crippen LogP contribution in [0.2, 0.25) is 0 Å². The molecule has 57 heavy (non-hydrogen) atoms. The zero-order valence-electron chi connectivity index (χ0n) is 32.0. The summed E-state index contributed by atoms with van der Waals surface area (Å²) in [4.78, 5) is 17.4. The van der Waals surface area contributed by atoms with Gasteiger partial charge in [-0.1, -0.05) is 99.3 Å². The van der Waals surface area contributed by atoms with Crippen molar-refractivity contribution in [1.82, 2.24) is 0 Å². The van der Waals surface area contributed by atoms with Crippen molar-refractivity contribution in [3.05, 3.63) is 119 Å². The molecule has 1 amide bonds. The summed E-state index contributed by atoms with van der Waals surface area (Å²) in [7, 11) is 0. The van der Waals surface area contributed by atoms with Crippen molar-refractivity contribution in [2.75, 3.05) is 40.1 Å². The number of benzene rings is 4. The third-order valence-corrected chi connectivity index (χ3v) is 11.6. The van der Waals surface area contributed by atoms with Crippen LogP contribution in [0.15, 0.2) is 97.1 Å². The van der Waals surface area contributed by atoms with E-state index in [-0.39, 0.29) is 5.69 Å². The quantitative estimate of drug-likeness (QED) is 0.150. The van der Waals surface area contributed by atoms with Gasteiger partial charge in [-0.2, -0.15) is 26.3 Å². The third-order valence-electron chi connectivity index (χ3n) is 11.2. The summed E-state index contributed by atoms with van der Waals surface area (Å²) in [6.45, 7) is 2.43. The molecule has 2 atom stereocenters. The molecule has 0 bridgehead atoms. The first-order chi connectivity index (χ1) is 27.4. The molecule has 1 aliphatic carbocycles. The smallest absolute Gasteiger partial charge is 0.370 e. The molecule has 4 aromatic rings. The van der Waals surface area contributed by atoms with Gasteiger partial charge in [-0.3, -0.25) is 4.79 Å². The average Bonchev–Trinajstić information content (AvgIpc) is 3.35. The number of anilines is 4. The first-order valence-electron chi connectivity index (χ1n) is 20.1. The van der Waals surface area contributed by atoms with Crippen LogP contribution < -0.4 is 20.4 Å². The van der Waals surface area contributed by atoms with E-state index < -0.39 is 29.4 Å². The molecule has 0 aromatic heterocycles. The summed E-state index contributed by atoms with van der Waals surface area (Å²) in [5.41, 5.74) is 1.92. The summed E-state index contributed by atoms with van der Waals surface area (Å²) in [6, 6.07) is 25.9. The molecule has 2 aliphatic heterocycles. The van der Waals surface area contributed by atoms with Gasteiger partial charge in [-0.15, -0.1) is 0 Å². The van der Waals surface area contributed by atoms with Gasteiger partial charge in [0.1, 0.15) is 4.99 Å². The van der Waals surface area contributed by atoms with Gasteiger partial charge in [-0.05, 0) is 93.0 Å². The molecule has 0 unspecified atom stereocenters. The number of fused-ring (bicyclic) bond motifs is 1. The number of halogens is 6. The Hall–Kier alpha value is -4.58. The highest BCUT2D eigenvalue weighted by atomic mass is 32.1. The Labute approximate surface area is 336 Å². The number of hydrogen-bond donors (Lipinski definition) is 2. The summed E-state index contributed by atoms with van der Waals surface area (Å²) in [5.74, 6) is 0.221. The fourth-order valence-electron chi connectivity index (χ4n) is 8.31. The maximum atomic E-state index is 13.4. The van der Waals surface area contributed by atoms with E-state index in [9.17, 15) is 31.1 Å². The number of thiocarbonyl (C=S) groups is 1. The number of rotatable bonds is 6. The maximum Gasteiger partial charge on any atom is 0.416 e. The number of nitrogens with one attached hydrogen (secondary N) is 2. The highest BCUT2D eigenvalue weighted by molar-refractivity contribution is 7.81. The van der Waals surface area contributed by atoms with E-state index in [0.717, 1.165) is 81.5 Å². The highest BCUT2D eigenvalue weighted by Crippen LogP contribution is 2.42. The Morgan fingerprint density at radius 3 is 1.67 bits per heavy atom. The molecular weight excluding hydrogens is 759 g/mol. The van der Waals surface area contributed by atoms with E-state index in [0.29, 0.717) is 33.9 Å². The summed E-state index contributed by atoms with van der Waals surface area (Å²) < 4.78 is 79.9. The average molecular weight is 809 g/mol. The fraction of sp³-hybridized carbons (Fsp3) is 0.422. The minimum Gasteiger partial charge on any atom is -0.370 e. The van der Waals surface area contributed by atoms with Gasteiger partial charge in [0.25, 0.3) is 5.91 Å². The lowest BCUT2D eigenvalue weighted by Gasteiger charge is -2.46. The van der Waals surface area contributed by atoms with Crippen molar-refractivity contribution in [3.63, 3.8) is 0 Å². The highest BCUT2D eigenvalue weighted by Gasteiger charge is 2.36. The van der Waals surface area contributed by atoms with Crippen molar-refractivity contribution in [3.8, 4) is 0 Å². The minimum absolute atomic E-state index is 0.211. The topological polar surface area (TPSA) is 47.6 Å². The Kier molecular flexibility index (Phi) is 14.2. The van der Waals surface area contributed by atoms with Crippen LogP contribution in [0.1, 0.15) is 104 Å². The maximum absolute atomic E-state index is 13.4. The van der Waals surface area contributed by atoms with Crippen LogP contribution in [0.3, 0.4) is 0 Å². The second-order valence-electron chi connectivity index (χ2n) is 15.2. The van der Waals surface area contributed by atoms with Crippen molar-refractivity contribution < 1.29 is 31.1 Å². The molecule has 304 valence electrons. The standard InChI is InChI=1S/C23H25F3N2S.C22H25F3N2O/c24-23(25,26)18-12-13-21(28-14-6-10-16-7-4-5-11-20(16)28)19(15-18)27-22(29)17-8-2-1-3-9-17;23-22(24,25)18-12-13-20(27-14-8-3-1-2-4-9-15-27)19(16-18)26-21(28)17-10-6-5-7-11-17/h1-3,8-9,12-13,15-16,20H,4-7,10-11,14H2,(H,27,29);5-7,10-13,16H,1-4,8-9,14-15H2,(H,26,28)/t16-,20+;/m1./s1. The van der Waals surface area contributed by atoms with Crippen LogP contribution in [-0.2, 0) is 12.4 Å². The van der Waals surface area contributed by atoms with E-state index in [1.54, 1.807) is 36.4 Å². The van der Waals surface area contributed by atoms with Crippen LogP contribution >= 0.6 is 12.2 Å². The first kappa shape index (κ1) is 42.0. The molecule has 0 radical (unpaired) electrons. The number of alkyl halides is 6. The first-order valence-corrected chi connectivity index (χ1v) is 20.5. The molecule has 3 aliphatic rings. The van der Waals surface area contributed by atoms with Crippen molar-refractivity contribution in [2.24, 2.45) is 5.92 Å². The van der Waals surface area contributed by atoms with Crippen LogP contribution in [0.4, 0.5) is 49.1 Å². The molecule has 2 N–H and O–H groups in total. The molecule has 1 saturated carbocycles. The van der Waals surface area contributed by atoms with Crippen LogP contribution in [0.25, 0.3) is 0 Å². The summed E-state index contributed by atoms with van der Waals surface area (Å²) in [6.07, 6.45) is 4.80. The van der Waals surface area contributed by atoms with Gasteiger partial charge in [0, 0.05) is 36.8 Å². The second kappa shape index (κ2) is 19.2. The van der Waals surface area contributed by atoms with Gasteiger partial charge < -0.3 is 20.4 Å². The summed E-state index contributed by atoms with van der Waals surface area (Å²) in [5, 5.41) is 5.83. The van der Waals surface area contributed by atoms with E-state index >= 15 is 0 Å². The van der Waals surface area contributed by atoms with E-state index in [1.165, 1.54) is 56.7 Å². The van der Waals surface area contributed by atoms with E-state index in [1.807, 2.05) is 30.3 Å². The van der Waals surface area contributed by atoms with Gasteiger partial charge in [0.15, 0.2) is 0 Å².